The van der Waals surface area contributed by atoms with Crippen molar-refractivity contribution in [3.63, 3.8) is 0 Å². The maximum absolute atomic E-state index is 14.0. The molecular weight excluding hydrogens is 339 g/mol. The Labute approximate surface area is 143 Å². The second kappa shape index (κ2) is 6.93. The highest BCUT2D eigenvalue weighted by atomic mass is 19.2. The third kappa shape index (κ3) is 4.64. The molecule has 1 aromatic rings. The molecular formula is C17H20F3NO4. The molecule has 1 aromatic carbocycles. The number of aliphatic carboxylic acids is 1. The van der Waals surface area contributed by atoms with Crippen molar-refractivity contribution in [2.45, 2.75) is 51.2 Å². The van der Waals surface area contributed by atoms with E-state index in [0.29, 0.717) is 12.1 Å². The van der Waals surface area contributed by atoms with Crippen LogP contribution in [0, 0.1) is 23.4 Å². The normalized spacial score (nSPS) is 23.4. The van der Waals surface area contributed by atoms with Gasteiger partial charge in [0.15, 0.2) is 11.6 Å². The number of hydrogen-bond acceptors (Lipinski definition) is 3. The summed E-state index contributed by atoms with van der Waals surface area (Å²) >= 11 is 0. The average Bonchev–Trinajstić information content (AvgIpc) is 2.84. The zero-order valence-corrected chi connectivity index (χ0v) is 14.1. The fourth-order valence-corrected chi connectivity index (χ4v) is 3.07. The first kappa shape index (κ1) is 19.1. The maximum Gasteiger partial charge on any atom is 0.407 e. The molecule has 0 aliphatic heterocycles. The molecule has 0 radical (unpaired) electrons. The topological polar surface area (TPSA) is 75.6 Å². The SMILES string of the molecule is CC(C)(C)OC(=O)N[C@H]1C[C@@H](C(=O)O)[C@H](c2cc(F)c(F)cc2F)C1. The van der Waals surface area contributed by atoms with E-state index in [1.165, 1.54) is 0 Å². The van der Waals surface area contributed by atoms with E-state index in [2.05, 4.69) is 5.32 Å². The van der Waals surface area contributed by atoms with Gasteiger partial charge in [-0.15, -0.1) is 0 Å². The zero-order chi connectivity index (χ0) is 18.9. The van der Waals surface area contributed by atoms with Crippen molar-refractivity contribution in [1.29, 1.82) is 0 Å². The van der Waals surface area contributed by atoms with Gasteiger partial charge >= 0.3 is 12.1 Å². The van der Waals surface area contributed by atoms with Gasteiger partial charge in [0.25, 0.3) is 0 Å². The number of halogens is 3. The molecule has 0 bridgehead atoms. The van der Waals surface area contributed by atoms with E-state index >= 15 is 0 Å². The largest absolute Gasteiger partial charge is 0.481 e. The van der Waals surface area contributed by atoms with Crippen molar-refractivity contribution in [3.8, 4) is 0 Å². The number of carbonyl (C=O) groups excluding carboxylic acids is 1. The van der Waals surface area contributed by atoms with Crippen molar-refractivity contribution in [2.75, 3.05) is 0 Å². The van der Waals surface area contributed by atoms with E-state index in [0.717, 1.165) is 0 Å². The minimum atomic E-state index is -1.34. The Bertz CT molecular complexity index is 687. The number of benzene rings is 1. The second-order valence-corrected chi connectivity index (χ2v) is 7.15. The number of rotatable bonds is 3. The summed E-state index contributed by atoms with van der Waals surface area (Å²) in [5.41, 5.74) is -0.930. The lowest BCUT2D eigenvalue weighted by Crippen LogP contribution is -2.38. The van der Waals surface area contributed by atoms with Crippen LogP contribution in [-0.2, 0) is 9.53 Å². The van der Waals surface area contributed by atoms with Crippen LogP contribution in [0.5, 0.6) is 0 Å². The first-order chi connectivity index (χ1) is 11.5. The Hall–Kier alpha value is -2.25. The van der Waals surface area contributed by atoms with Crippen molar-refractivity contribution < 1.29 is 32.6 Å². The third-order valence-corrected chi connectivity index (χ3v) is 4.04. The fraction of sp³-hybridized carbons (Fsp3) is 0.529. The summed E-state index contributed by atoms with van der Waals surface area (Å²) < 4.78 is 45.7. The molecule has 0 saturated heterocycles. The first-order valence-corrected chi connectivity index (χ1v) is 7.84. The van der Waals surface area contributed by atoms with Crippen LogP contribution in [0.25, 0.3) is 0 Å². The maximum atomic E-state index is 14.0. The lowest BCUT2D eigenvalue weighted by Gasteiger charge is -2.21. The molecule has 1 aliphatic carbocycles. The summed E-state index contributed by atoms with van der Waals surface area (Å²) in [6, 6.07) is 0.507. The molecule has 1 fully saturated rings. The van der Waals surface area contributed by atoms with Crippen LogP contribution in [0.4, 0.5) is 18.0 Å². The van der Waals surface area contributed by atoms with E-state index in [9.17, 15) is 27.9 Å². The molecule has 5 nitrogen and oxygen atoms in total. The highest BCUT2D eigenvalue weighted by Gasteiger charge is 2.42. The van der Waals surface area contributed by atoms with Crippen LogP contribution in [0.2, 0.25) is 0 Å². The van der Waals surface area contributed by atoms with Gasteiger partial charge in [-0.1, -0.05) is 0 Å². The minimum Gasteiger partial charge on any atom is -0.481 e. The summed E-state index contributed by atoms with van der Waals surface area (Å²) in [4.78, 5) is 23.3. The van der Waals surface area contributed by atoms with Crippen LogP contribution in [0.15, 0.2) is 12.1 Å². The summed E-state index contributed by atoms with van der Waals surface area (Å²) in [7, 11) is 0. The lowest BCUT2D eigenvalue weighted by molar-refractivity contribution is -0.142. The van der Waals surface area contributed by atoms with Gasteiger partial charge in [-0.05, 0) is 45.2 Å². The van der Waals surface area contributed by atoms with Gasteiger partial charge in [-0.2, -0.15) is 0 Å². The molecule has 1 aliphatic rings. The Balaban J connectivity index is 2.20. The molecule has 2 N–H and O–H groups in total. The summed E-state index contributed by atoms with van der Waals surface area (Å²) in [6.07, 6.45) is -0.594. The van der Waals surface area contributed by atoms with Gasteiger partial charge in [-0.25, -0.2) is 18.0 Å². The monoisotopic (exact) mass is 359 g/mol. The first-order valence-electron chi connectivity index (χ1n) is 7.84. The zero-order valence-electron chi connectivity index (χ0n) is 14.1. The third-order valence-electron chi connectivity index (χ3n) is 4.04. The van der Waals surface area contributed by atoms with Crippen molar-refractivity contribution in [2.24, 2.45) is 5.92 Å². The number of carbonyl (C=O) groups is 2. The molecule has 25 heavy (non-hydrogen) atoms. The highest BCUT2D eigenvalue weighted by molar-refractivity contribution is 5.73. The highest BCUT2D eigenvalue weighted by Crippen LogP contribution is 2.41. The van der Waals surface area contributed by atoms with Crippen LogP contribution in [-0.4, -0.2) is 28.8 Å². The van der Waals surface area contributed by atoms with Gasteiger partial charge < -0.3 is 15.2 Å². The predicted molar refractivity (Wildman–Crippen MR) is 82.6 cm³/mol. The Morgan fingerprint density at radius 3 is 2.28 bits per heavy atom. The van der Waals surface area contributed by atoms with E-state index in [1.807, 2.05) is 0 Å². The Kier molecular flexibility index (Phi) is 5.29. The average molecular weight is 359 g/mol. The quantitative estimate of drug-likeness (QED) is 0.809. The van der Waals surface area contributed by atoms with Crippen LogP contribution in [0.3, 0.4) is 0 Å². The van der Waals surface area contributed by atoms with E-state index in [-0.39, 0.29) is 18.4 Å². The molecule has 138 valence electrons. The fourth-order valence-electron chi connectivity index (χ4n) is 3.07. The van der Waals surface area contributed by atoms with Gasteiger partial charge in [0.2, 0.25) is 0 Å². The predicted octanol–water partition coefficient (Wildman–Crippen LogP) is 3.58. The summed E-state index contributed by atoms with van der Waals surface area (Å²) in [5, 5.41) is 11.9. The van der Waals surface area contributed by atoms with Gasteiger partial charge in [0, 0.05) is 18.0 Å². The molecule has 3 atom stereocenters. The van der Waals surface area contributed by atoms with E-state index in [4.69, 9.17) is 4.74 Å². The number of nitrogens with one attached hydrogen (secondary N) is 1. The Morgan fingerprint density at radius 2 is 1.72 bits per heavy atom. The molecule has 1 amide bonds. The van der Waals surface area contributed by atoms with Gasteiger partial charge in [-0.3, -0.25) is 4.79 Å². The Morgan fingerprint density at radius 1 is 1.12 bits per heavy atom. The molecule has 8 heteroatoms. The number of carboxylic acid groups (broad SMARTS) is 1. The van der Waals surface area contributed by atoms with Gasteiger partial charge in [0.05, 0.1) is 5.92 Å². The number of carboxylic acids is 1. The van der Waals surface area contributed by atoms with Crippen LogP contribution >= 0.6 is 0 Å². The summed E-state index contributed by atoms with van der Waals surface area (Å²) in [5.74, 6) is -6.69. The molecule has 0 spiro atoms. The number of hydrogen-bond donors (Lipinski definition) is 2. The van der Waals surface area contributed by atoms with Crippen molar-refractivity contribution in [1.82, 2.24) is 5.32 Å². The number of ether oxygens (including phenoxy) is 1. The molecule has 2 rings (SSSR count). The van der Waals surface area contributed by atoms with Gasteiger partial charge in [0.1, 0.15) is 11.4 Å². The van der Waals surface area contributed by atoms with Crippen molar-refractivity contribution in [3.05, 3.63) is 35.1 Å². The van der Waals surface area contributed by atoms with Crippen molar-refractivity contribution >= 4 is 12.1 Å². The molecule has 1 saturated carbocycles. The van der Waals surface area contributed by atoms with E-state index in [1.54, 1.807) is 20.8 Å². The molecule has 0 aromatic heterocycles. The van der Waals surface area contributed by atoms with Crippen LogP contribution in [0.1, 0.15) is 45.1 Å². The standard InChI is InChI=1S/C17H20F3NO4/c1-17(2,3)25-16(24)21-8-4-9(11(5-8)15(22)23)10-6-13(19)14(20)7-12(10)18/h6-9,11H,4-5H2,1-3H3,(H,21,24)(H,22,23)/t8-,9+,11-/m1/s1. The number of alkyl carbamates (subject to hydrolysis) is 1. The minimum absolute atomic E-state index is 0.0394. The van der Waals surface area contributed by atoms with E-state index < -0.39 is 53.0 Å². The number of amides is 1. The lowest BCUT2D eigenvalue weighted by atomic mass is 9.88. The summed E-state index contributed by atoms with van der Waals surface area (Å²) in [6.45, 7) is 5.04. The molecule has 0 heterocycles. The second-order valence-electron chi connectivity index (χ2n) is 7.15. The van der Waals surface area contributed by atoms with Crippen LogP contribution < -0.4 is 5.32 Å². The molecule has 0 unspecified atom stereocenters. The smallest absolute Gasteiger partial charge is 0.407 e.